The molecular weight excluding hydrogens is 264 g/mol. The van der Waals surface area contributed by atoms with Crippen LogP contribution in [0.1, 0.15) is 17.0 Å². The number of hydrogen-bond acceptors (Lipinski definition) is 4. The predicted octanol–water partition coefficient (Wildman–Crippen LogP) is 1.53. The first kappa shape index (κ1) is 15.1. The van der Waals surface area contributed by atoms with Crippen LogP contribution in [-0.2, 0) is 17.9 Å². The van der Waals surface area contributed by atoms with Crippen LogP contribution < -0.4 is 5.32 Å². The van der Waals surface area contributed by atoms with Crippen LogP contribution in [-0.4, -0.2) is 34.4 Å². The zero-order chi connectivity index (χ0) is 15.1. The maximum absolute atomic E-state index is 11.9. The van der Waals surface area contributed by atoms with E-state index in [4.69, 9.17) is 0 Å². The number of amides is 1. The van der Waals surface area contributed by atoms with E-state index < -0.39 is 0 Å². The van der Waals surface area contributed by atoms with Gasteiger partial charge < -0.3 is 5.32 Å². The summed E-state index contributed by atoms with van der Waals surface area (Å²) < 4.78 is 0. The number of likely N-dealkylation sites (N-methyl/N-ethyl adjacent to an activating group) is 1. The molecule has 0 radical (unpaired) electrons. The van der Waals surface area contributed by atoms with Crippen LogP contribution in [0.25, 0.3) is 0 Å². The number of aromatic nitrogens is 2. The number of hydrogen-bond donors (Lipinski definition) is 1. The highest BCUT2D eigenvalue weighted by molar-refractivity contribution is 5.77. The highest BCUT2D eigenvalue weighted by atomic mass is 16.2. The molecule has 0 unspecified atom stereocenters. The van der Waals surface area contributed by atoms with E-state index in [1.54, 1.807) is 12.4 Å². The monoisotopic (exact) mass is 284 g/mol. The van der Waals surface area contributed by atoms with Gasteiger partial charge in [0.2, 0.25) is 5.91 Å². The Morgan fingerprint density at radius 1 is 1.19 bits per heavy atom. The summed E-state index contributed by atoms with van der Waals surface area (Å²) in [6.45, 7) is 3.43. The van der Waals surface area contributed by atoms with E-state index in [2.05, 4.69) is 15.3 Å². The minimum absolute atomic E-state index is 0.0153. The van der Waals surface area contributed by atoms with Gasteiger partial charge in [0.15, 0.2) is 0 Å². The number of rotatable bonds is 6. The Balaban J connectivity index is 1.78. The second kappa shape index (κ2) is 7.50. The van der Waals surface area contributed by atoms with Gasteiger partial charge in [0.1, 0.15) is 0 Å². The van der Waals surface area contributed by atoms with E-state index in [1.807, 2.05) is 49.2 Å². The normalized spacial score (nSPS) is 10.6. The van der Waals surface area contributed by atoms with Gasteiger partial charge in [0.25, 0.3) is 0 Å². The smallest absolute Gasteiger partial charge is 0.234 e. The van der Waals surface area contributed by atoms with Crippen molar-refractivity contribution in [2.75, 3.05) is 13.6 Å². The molecule has 0 bridgehead atoms. The molecule has 0 saturated heterocycles. The number of pyridine rings is 2. The van der Waals surface area contributed by atoms with E-state index in [1.165, 1.54) is 0 Å². The van der Waals surface area contributed by atoms with E-state index in [0.717, 1.165) is 17.0 Å². The standard InChI is InChI=1S/C16H20N4O/c1-13-6-5-9-18-15(13)10-19-16(21)12-20(2)11-14-7-3-4-8-17-14/h3-9H,10-12H2,1-2H3,(H,19,21). The zero-order valence-corrected chi connectivity index (χ0v) is 12.4. The lowest BCUT2D eigenvalue weighted by molar-refractivity contribution is -0.122. The van der Waals surface area contributed by atoms with Gasteiger partial charge in [-0.1, -0.05) is 12.1 Å². The fourth-order valence-electron chi connectivity index (χ4n) is 2.01. The highest BCUT2D eigenvalue weighted by Gasteiger charge is 2.08. The lowest BCUT2D eigenvalue weighted by Gasteiger charge is -2.15. The molecule has 0 saturated carbocycles. The van der Waals surface area contributed by atoms with Crippen molar-refractivity contribution in [1.82, 2.24) is 20.2 Å². The molecular formula is C16H20N4O. The minimum Gasteiger partial charge on any atom is -0.349 e. The SMILES string of the molecule is Cc1cccnc1CNC(=O)CN(C)Cc1ccccn1. The molecule has 0 aliphatic carbocycles. The summed E-state index contributed by atoms with van der Waals surface area (Å²) in [5.74, 6) is -0.0153. The number of nitrogens with zero attached hydrogens (tertiary/aromatic N) is 3. The molecule has 0 fully saturated rings. The number of carbonyl (C=O) groups is 1. The summed E-state index contributed by atoms with van der Waals surface area (Å²) in [5, 5.41) is 2.89. The van der Waals surface area contributed by atoms with Crippen LogP contribution in [0, 0.1) is 6.92 Å². The number of carbonyl (C=O) groups excluding carboxylic acids is 1. The van der Waals surface area contributed by atoms with Crippen molar-refractivity contribution in [1.29, 1.82) is 0 Å². The Labute approximate surface area is 125 Å². The molecule has 5 nitrogen and oxygen atoms in total. The van der Waals surface area contributed by atoms with Crippen molar-refractivity contribution < 1.29 is 4.79 Å². The summed E-state index contributed by atoms with van der Waals surface area (Å²) in [4.78, 5) is 22.4. The minimum atomic E-state index is -0.0153. The molecule has 2 heterocycles. The maximum Gasteiger partial charge on any atom is 0.234 e. The summed E-state index contributed by atoms with van der Waals surface area (Å²) in [7, 11) is 1.90. The summed E-state index contributed by atoms with van der Waals surface area (Å²) in [6, 6.07) is 9.65. The molecule has 2 aromatic rings. The molecule has 2 aromatic heterocycles. The third-order valence-corrected chi connectivity index (χ3v) is 3.14. The Hall–Kier alpha value is -2.27. The van der Waals surface area contributed by atoms with Gasteiger partial charge in [-0.25, -0.2) is 0 Å². The van der Waals surface area contributed by atoms with Crippen molar-refractivity contribution in [2.45, 2.75) is 20.0 Å². The van der Waals surface area contributed by atoms with Crippen LogP contribution in [0.2, 0.25) is 0 Å². The van der Waals surface area contributed by atoms with Crippen molar-refractivity contribution in [3.63, 3.8) is 0 Å². The first-order valence-corrected chi connectivity index (χ1v) is 6.91. The Kier molecular flexibility index (Phi) is 5.40. The molecule has 110 valence electrons. The highest BCUT2D eigenvalue weighted by Crippen LogP contribution is 2.02. The Bertz CT molecular complexity index is 586. The van der Waals surface area contributed by atoms with E-state index in [9.17, 15) is 4.79 Å². The summed E-state index contributed by atoms with van der Waals surface area (Å²) in [6.07, 6.45) is 3.49. The lowest BCUT2D eigenvalue weighted by Crippen LogP contribution is -2.34. The molecule has 2 rings (SSSR count). The molecule has 0 spiro atoms. The molecule has 5 heteroatoms. The Morgan fingerprint density at radius 2 is 2.00 bits per heavy atom. The predicted molar refractivity (Wildman–Crippen MR) is 81.4 cm³/mol. The third kappa shape index (κ3) is 4.96. The van der Waals surface area contributed by atoms with Gasteiger partial charge in [0, 0.05) is 18.9 Å². The van der Waals surface area contributed by atoms with Crippen molar-refractivity contribution in [2.24, 2.45) is 0 Å². The van der Waals surface area contributed by atoms with Crippen LogP contribution >= 0.6 is 0 Å². The maximum atomic E-state index is 11.9. The fraction of sp³-hybridized carbons (Fsp3) is 0.312. The average Bonchev–Trinajstić information content (AvgIpc) is 2.47. The second-order valence-electron chi connectivity index (χ2n) is 5.04. The van der Waals surface area contributed by atoms with Crippen molar-refractivity contribution in [3.8, 4) is 0 Å². The molecule has 0 aliphatic heterocycles. The summed E-state index contributed by atoms with van der Waals surface area (Å²) >= 11 is 0. The molecule has 0 aliphatic rings. The van der Waals surface area contributed by atoms with Crippen molar-refractivity contribution >= 4 is 5.91 Å². The first-order chi connectivity index (χ1) is 10.1. The molecule has 1 N–H and O–H groups in total. The summed E-state index contributed by atoms with van der Waals surface area (Å²) in [5.41, 5.74) is 2.94. The Morgan fingerprint density at radius 3 is 2.71 bits per heavy atom. The molecule has 0 atom stereocenters. The van der Waals surface area contributed by atoms with Crippen molar-refractivity contribution in [3.05, 3.63) is 59.7 Å². The van der Waals surface area contributed by atoms with Gasteiger partial charge in [-0.15, -0.1) is 0 Å². The van der Waals surface area contributed by atoms with Crippen LogP contribution in [0.5, 0.6) is 0 Å². The number of nitrogens with one attached hydrogen (secondary N) is 1. The fourth-order valence-corrected chi connectivity index (χ4v) is 2.01. The van der Waals surface area contributed by atoms with Crippen LogP contribution in [0.3, 0.4) is 0 Å². The third-order valence-electron chi connectivity index (χ3n) is 3.14. The van der Waals surface area contributed by atoms with Crippen LogP contribution in [0.15, 0.2) is 42.7 Å². The molecule has 0 aromatic carbocycles. The van der Waals surface area contributed by atoms with E-state index in [-0.39, 0.29) is 5.91 Å². The average molecular weight is 284 g/mol. The first-order valence-electron chi connectivity index (χ1n) is 6.91. The quantitative estimate of drug-likeness (QED) is 0.874. The topological polar surface area (TPSA) is 58.1 Å². The molecule has 21 heavy (non-hydrogen) atoms. The second-order valence-corrected chi connectivity index (χ2v) is 5.04. The largest absolute Gasteiger partial charge is 0.349 e. The van der Waals surface area contributed by atoms with Gasteiger partial charge in [0.05, 0.1) is 24.5 Å². The van der Waals surface area contributed by atoms with E-state index >= 15 is 0 Å². The van der Waals surface area contributed by atoms with Crippen LogP contribution in [0.4, 0.5) is 0 Å². The van der Waals surface area contributed by atoms with Gasteiger partial charge >= 0.3 is 0 Å². The van der Waals surface area contributed by atoms with E-state index in [0.29, 0.717) is 19.6 Å². The zero-order valence-electron chi connectivity index (χ0n) is 12.4. The van der Waals surface area contributed by atoms with Gasteiger partial charge in [-0.2, -0.15) is 0 Å². The molecule has 1 amide bonds. The van der Waals surface area contributed by atoms with Gasteiger partial charge in [-0.3, -0.25) is 19.7 Å². The lowest BCUT2D eigenvalue weighted by atomic mass is 10.2. The van der Waals surface area contributed by atoms with Gasteiger partial charge in [-0.05, 0) is 37.7 Å². The number of aryl methyl sites for hydroxylation is 1.